The molecule has 20 heavy (non-hydrogen) atoms. The number of carboxylic acid groups (broad SMARTS) is 1. The van der Waals surface area contributed by atoms with Gasteiger partial charge in [0.1, 0.15) is 6.04 Å². The molecule has 3 N–H and O–H groups in total. The number of nitrogens with one attached hydrogen (secondary N) is 2. The zero-order valence-corrected chi connectivity index (χ0v) is 13.0. The molecule has 0 fully saturated rings. The standard InChI is InChI=1S/C13H21N3O3S/c1-7(2)5-9(11(17)18)14-12(19)16-13-15-10(6-20-13)8(3)4/h6-9H,5H2,1-4H3,(H,17,18)(H2,14,15,16,19)/t9-/m0/s1. The number of nitrogens with zero attached hydrogens (tertiary/aromatic N) is 1. The molecule has 0 aliphatic rings. The molecule has 1 rings (SSSR count). The number of hydrogen-bond acceptors (Lipinski definition) is 4. The van der Waals surface area contributed by atoms with Gasteiger partial charge in [-0.2, -0.15) is 0 Å². The van der Waals surface area contributed by atoms with E-state index >= 15 is 0 Å². The first-order valence-electron chi connectivity index (χ1n) is 6.55. The summed E-state index contributed by atoms with van der Waals surface area (Å²) in [6.45, 7) is 7.85. The van der Waals surface area contributed by atoms with Crippen LogP contribution < -0.4 is 10.6 Å². The van der Waals surface area contributed by atoms with Gasteiger partial charge in [0.2, 0.25) is 0 Å². The molecule has 2 amide bonds. The van der Waals surface area contributed by atoms with E-state index in [0.717, 1.165) is 5.69 Å². The zero-order chi connectivity index (χ0) is 15.3. The van der Waals surface area contributed by atoms with E-state index in [1.807, 2.05) is 33.1 Å². The number of aromatic nitrogens is 1. The Bertz CT molecular complexity index is 471. The highest BCUT2D eigenvalue weighted by molar-refractivity contribution is 7.13. The quantitative estimate of drug-likeness (QED) is 0.753. The predicted octanol–water partition coefficient (Wildman–Crippen LogP) is 2.89. The smallest absolute Gasteiger partial charge is 0.326 e. The Morgan fingerprint density at radius 3 is 2.45 bits per heavy atom. The molecule has 1 atom stereocenters. The highest BCUT2D eigenvalue weighted by Gasteiger charge is 2.21. The van der Waals surface area contributed by atoms with E-state index in [9.17, 15) is 9.59 Å². The molecule has 7 heteroatoms. The Kier molecular flexibility index (Phi) is 5.94. The van der Waals surface area contributed by atoms with Gasteiger partial charge in [0.15, 0.2) is 5.13 Å². The third-order valence-corrected chi connectivity index (χ3v) is 3.42. The van der Waals surface area contributed by atoms with E-state index in [1.165, 1.54) is 11.3 Å². The number of carbonyl (C=O) groups is 2. The van der Waals surface area contributed by atoms with E-state index in [4.69, 9.17) is 5.11 Å². The lowest BCUT2D eigenvalue weighted by molar-refractivity contribution is -0.139. The zero-order valence-electron chi connectivity index (χ0n) is 12.1. The average molecular weight is 299 g/mol. The minimum Gasteiger partial charge on any atom is -0.480 e. The summed E-state index contributed by atoms with van der Waals surface area (Å²) in [5.74, 6) is -0.558. The number of hydrogen-bond donors (Lipinski definition) is 3. The molecule has 0 aliphatic carbocycles. The van der Waals surface area contributed by atoms with Crippen LogP contribution in [0.25, 0.3) is 0 Å². The molecule has 0 aromatic carbocycles. The van der Waals surface area contributed by atoms with Crippen LogP contribution in [0.5, 0.6) is 0 Å². The number of rotatable bonds is 6. The Labute approximate surface area is 122 Å². The Morgan fingerprint density at radius 2 is 2.00 bits per heavy atom. The van der Waals surface area contributed by atoms with E-state index in [2.05, 4.69) is 15.6 Å². The van der Waals surface area contributed by atoms with Crippen molar-refractivity contribution in [2.45, 2.75) is 46.1 Å². The summed E-state index contributed by atoms with van der Waals surface area (Å²) in [6, 6.07) is -1.43. The number of carboxylic acids is 1. The fraction of sp³-hybridized carbons (Fsp3) is 0.615. The molecule has 6 nitrogen and oxygen atoms in total. The Morgan fingerprint density at radius 1 is 1.35 bits per heavy atom. The Balaban J connectivity index is 2.58. The lowest BCUT2D eigenvalue weighted by atomic mass is 10.0. The summed E-state index contributed by atoms with van der Waals surface area (Å²) in [5.41, 5.74) is 0.905. The second kappa shape index (κ2) is 7.23. The van der Waals surface area contributed by atoms with Crippen molar-refractivity contribution in [2.75, 3.05) is 5.32 Å². The average Bonchev–Trinajstić information content (AvgIpc) is 2.75. The fourth-order valence-corrected chi connectivity index (χ4v) is 2.46. The van der Waals surface area contributed by atoms with Crippen molar-refractivity contribution < 1.29 is 14.7 Å². The van der Waals surface area contributed by atoms with Crippen LogP contribution in [0.4, 0.5) is 9.93 Å². The highest BCUT2D eigenvalue weighted by Crippen LogP contribution is 2.21. The lowest BCUT2D eigenvalue weighted by Gasteiger charge is -2.16. The normalized spacial score (nSPS) is 12.5. The van der Waals surface area contributed by atoms with Crippen LogP contribution in [0.1, 0.15) is 45.7 Å². The van der Waals surface area contributed by atoms with E-state index in [-0.39, 0.29) is 11.8 Å². The van der Waals surface area contributed by atoms with Gasteiger partial charge in [0.25, 0.3) is 0 Å². The third kappa shape index (κ3) is 5.16. The lowest BCUT2D eigenvalue weighted by Crippen LogP contribution is -2.43. The van der Waals surface area contributed by atoms with Gasteiger partial charge in [-0.1, -0.05) is 27.7 Å². The number of amides is 2. The summed E-state index contributed by atoms with van der Waals surface area (Å²) in [7, 11) is 0. The molecule has 1 heterocycles. The fourth-order valence-electron chi connectivity index (χ4n) is 1.59. The molecule has 0 spiro atoms. The molecule has 1 aromatic rings. The molecule has 0 unspecified atom stereocenters. The van der Waals surface area contributed by atoms with E-state index in [0.29, 0.717) is 11.6 Å². The van der Waals surface area contributed by atoms with Crippen molar-refractivity contribution in [3.8, 4) is 0 Å². The van der Waals surface area contributed by atoms with Crippen LogP contribution in [0.3, 0.4) is 0 Å². The van der Waals surface area contributed by atoms with Crippen LogP contribution in [0.2, 0.25) is 0 Å². The first-order chi connectivity index (χ1) is 9.29. The topological polar surface area (TPSA) is 91.3 Å². The number of anilines is 1. The molecule has 0 saturated carbocycles. The van der Waals surface area contributed by atoms with Gasteiger partial charge in [0.05, 0.1) is 5.69 Å². The van der Waals surface area contributed by atoms with Crippen molar-refractivity contribution in [2.24, 2.45) is 5.92 Å². The van der Waals surface area contributed by atoms with Crippen molar-refractivity contribution in [1.29, 1.82) is 0 Å². The van der Waals surface area contributed by atoms with Crippen LogP contribution in [-0.4, -0.2) is 28.1 Å². The Hall–Kier alpha value is -1.63. The van der Waals surface area contributed by atoms with Crippen LogP contribution in [-0.2, 0) is 4.79 Å². The number of carbonyl (C=O) groups excluding carboxylic acids is 1. The van der Waals surface area contributed by atoms with Crippen molar-refractivity contribution in [1.82, 2.24) is 10.3 Å². The van der Waals surface area contributed by atoms with Crippen LogP contribution in [0.15, 0.2) is 5.38 Å². The number of urea groups is 1. The first-order valence-corrected chi connectivity index (χ1v) is 7.43. The molecular formula is C13H21N3O3S. The summed E-state index contributed by atoms with van der Waals surface area (Å²) in [4.78, 5) is 27.1. The van der Waals surface area contributed by atoms with Crippen molar-refractivity contribution >= 4 is 28.5 Å². The van der Waals surface area contributed by atoms with E-state index in [1.54, 1.807) is 0 Å². The number of thiazole rings is 1. The molecule has 0 radical (unpaired) electrons. The van der Waals surface area contributed by atoms with Gasteiger partial charge in [-0.15, -0.1) is 11.3 Å². The maximum atomic E-state index is 11.8. The van der Waals surface area contributed by atoms with Crippen LogP contribution >= 0.6 is 11.3 Å². The van der Waals surface area contributed by atoms with Gasteiger partial charge < -0.3 is 10.4 Å². The van der Waals surface area contributed by atoms with Gasteiger partial charge in [-0.3, -0.25) is 5.32 Å². The predicted molar refractivity (Wildman–Crippen MR) is 79.2 cm³/mol. The molecule has 0 saturated heterocycles. The molecule has 112 valence electrons. The molecule has 0 aliphatic heterocycles. The highest BCUT2D eigenvalue weighted by atomic mass is 32.1. The van der Waals surface area contributed by atoms with Gasteiger partial charge in [-0.25, -0.2) is 14.6 Å². The van der Waals surface area contributed by atoms with E-state index < -0.39 is 18.0 Å². The maximum absolute atomic E-state index is 11.8. The monoisotopic (exact) mass is 299 g/mol. The van der Waals surface area contributed by atoms with Gasteiger partial charge in [-0.05, 0) is 18.3 Å². The van der Waals surface area contributed by atoms with Gasteiger partial charge >= 0.3 is 12.0 Å². The summed E-state index contributed by atoms with van der Waals surface area (Å²) < 4.78 is 0. The minimum atomic E-state index is -1.03. The molecule has 0 bridgehead atoms. The molecule has 1 aromatic heterocycles. The van der Waals surface area contributed by atoms with Gasteiger partial charge in [0, 0.05) is 5.38 Å². The largest absolute Gasteiger partial charge is 0.480 e. The third-order valence-electron chi connectivity index (χ3n) is 2.64. The van der Waals surface area contributed by atoms with Crippen molar-refractivity contribution in [3.05, 3.63) is 11.1 Å². The second-order valence-electron chi connectivity index (χ2n) is 5.35. The summed E-state index contributed by atoms with van der Waals surface area (Å²) in [6.07, 6.45) is 0.387. The summed E-state index contributed by atoms with van der Waals surface area (Å²) in [5, 5.41) is 16.4. The molecular weight excluding hydrogens is 278 g/mol. The minimum absolute atomic E-state index is 0.184. The van der Waals surface area contributed by atoms with Crippen molar-refractivity contribution in [3.63, 3.8) is 0 Å². The number of aliphatic carboxylic acids is 1. The second-order valence-corrected chi connectivity index (χ2v) is 6.21. The summed E-state index contributed by atoms with van der Waals surface area (Å²) >= 11 is 1.33. The SMILES string of the molecule is CC(C)C[C@H](NC(=O)Nc1nc(C(C)C)cs1)C(=O)O. The first kappa shape index (κ1) is 16.4. The van der Waals surface area contributed by atoms with Crippen LogP contribution in [0, 0.1) is 5.92 Å². The maximum Gasteiger partial charge on any atom is 0.326 e.